The van der Waals surface area contributed by atoms with Crippen LogP contribution in [0.1, 0.15) is 77.0 Å². The van der Waals surface area contributed by atoms with Gasteiger partial charge in [-0.1, -0.05) is 19.3 Å². The van der Waals surface area contributed by atoms with Crippen LogP contribution in [-0.4, -0.2) is 35.5 Å². The standard InChI is InChI=1S/C17H31NO2/c1-18-14-5-10-16(19,11-6-14)13-15-7-12-17(20-15)8-3-2-4-9-17/h14-15,18-19H,2-13H2,1H3. The predicted octanol–water partition coefficient (Wildman–Crippen LogP) is 3.15. The van der Waals surface area contributed by atoms with E-state index in [0.29, 0.717) is 12.1 Å². The molecule has 0 bridgehead atoms. The lowest BCUT2D eigenvalue weighted by Gasteiger charge is -2.38. The van der Waals surface area contributed by atoms with E-state index in [2.05, 4.69) is 5.32 Å². The van der Waals surface area contributed by atoms with Gasteiger partial charge >= 0.3 is 0 Å². The summed E-state index contributed by atoms with van der Waals surface area (Å²) in [5.41, 5.74) is -0.264. The van der Waals surface area contributed by atoms with Crippen molar-refractivity contribution in [1.29, 1.82) is 0 Å². The predicted molar refractivity (Wildman–Crippen MR) is 80.8 cm³/mol. The zero-order valence-corrected chi connectivity index (χ0v) is 13.0. The normalized spacial score (nSPS) is 41.1. The summed E-state index contributed by atoms with van der Waals surface area (Å²) in [5.74, 6) is 0. The van der Waals surface area contributed by atoms with Crippen LogP contribution >= 0.6 is 0 Å². The third kappa shape index (κ3) is 3.20. The average Bonchev–Trinajstić information content (AvgIpc) is 2.82. The van der Waals surface area contributed by atoms with Gasteiger partial charge in [-0.2, -0.15) is 0 Å². The van der Waals surface area contributed by atoms with Crippen molar-refractivity contribution in [1.82, 2.24) is 5.32 Å². The summed E-state index contributed by atoms with van der Waals surface area (Å²) in [6.45, 7) is 0. The fourth-order valence-corrected chi connectivity index (χ4v) is 4.67. The molecule has 1 atom stereocenters. The highest BCUT2D eigenvalue weighted by Crippen LogP contribution is 2.45. The molecule has 0 radical (unpaired) electrons. The first-order valence-corrected chi connectivity index (χ1v) is 8.71. The third-order valence-corrected chi connectivity index (χ3v) is 6.04. The van der Waals surface area contributed by atoms with Gasteiger partial charge in [0, 0.05) is 12.5 Å². The highest BCUT2D eigenvalue weighted by molar-refractivity contribution is 4.96. The maximum Gasteiger partial charge on any atom is 0.0687 e. The molecule has 0 aromatic rings. The Labute approximate surface area is 123 Å². The molecule has 3 aliphatic rings. The summed E-state index contributed by atoms with van der Waals surface area (Å²) in [5, 5.41) is 14.2. The maximum absolute atomic E-state index is 10.8. The molecule has 20 heavy (non-hydrogen) atoms. The molecule has 116 valence electrons. The SMILES string of the molecule is CNC1CCC(O)(CC2CCC3(CCCCC3)O2)CC1. The Hall–Kier alpha value is -0.120. The Kier molecular flexibility index (Phi) is 4.40. The summed E-state index contributed by atoms with van der Waals surface area (Å²) in [6, 6.07) is 0.601. The molecule has 1 heterocycles. The molecule has 1 spiro atoms. The minimum atomic E-state index is -0.460. The van der Waals surface area contributed by atoms with Gasteiger partial charge in [0.05, 0.1) is 17.3 Å². The van der Waals surface area contributed by atoms with Crippen molar-refractivity contribution < 1.29 is 9.84 Å². The van der Waals surface area contributed by atoms with Gasteiger partial charge < -0.3 is 15.2 Å². The molecule has 3 rings (SSSR count). The minimum Gasteiger partial charge on any atom is -0.390 e. The smallest absolute Gasteiger partial charge is 0.0687 e. The molecule has 0 aromatic carbocycles. The number of ether oxygens (including phenoxy) is 1. The Morgan fingerprint density at radius 1 is 1.00 bits per heavy atom. The number of hydrogen-bond donors (Lipinski definition) is 2. The lowest BCUT2D eigenvalue weighted by molar-refractivity contribution is -0.102. The zero-order valence-electron chi connectivity index (χ0n) is 13.0. The molecule has 1 aliphatic heterocycles. The van der Waals surface area contributed by atoms with Crippen molar-refractivity contribution in [3.63, 3.8) is 0 Å². The van der Waals surface area contributed by atoms with E-state index < -0.39 is 5.60 Å². The third-order valence-electron chi connectivity index (χ3n) is 6.04. The second kappa shape index (κ2) is 5.94. The Morgan fingerprint density at radius 2 is 1.70 bits per heavy atom. The summed E-state index contributed by atoms with van der Waals surface area (Å²) < 4.78 is 6.44. The van der Waals surface area contributed by atoms with E-state index in [1.807, 2.05) is 7.05 Å². The zero-order chi connectivity index (χ0) is 14.1. The summed E-state index contributed by atoms with van der Waals surface area (Å²) in [7, 11) is 2.03. The Bertz CT molecular complexity index is 317. The van der Waals surface area contributed by atoms with Gasteiger partial charge in [0.1, 0.15) is 0 Å². The van der Waals surface area contributed by atoms with Crippen LogP contribution in [0, 0.1) is 0 Å². The second-order valence-electron chi connectivity index (χ2n) is 7.51. The molecule has 3 heteroatoms. The van der Waals surface area contributed by atoms with Gasteiger partial charge in [0.25, 0.3) is 0 Å². The van der Waals surface area contributed by atoms with Crippen LogP contribution in [0.25, 0.3) is 0 Å². The fraction of sp³-hybridized carbons (Fsp3) is 1.00. The topological polar surface area (TPSA) is 41.5 Å². The molecular formula is C17H31NO2. The first kappa shape index (κ1) is 14.8. The second-order valence-corrected chi connectivity index (χ2v) is 7.51. The molecule has 2 N–H and O–H groups in total. The lowest BCUT2D eigenvalue weighted by atomic mass is 9.78. The van der Waals surface area contributed by atoms with Crippen LogP contribution in [0.2, 0.25) is 0 Å². The molecule has 0 aromatic heterocycles. The summed E-state index contributed by atoms with van der Waals surface area (Å²) in [6.07, 6.45) is 14.2. The van der Waals surface area contributed by atoms with Gasteiger partial charge in [-0.25, -0.2) is 0 Å². The van der Waals surface area contributed by atoms with E-state index in [-0.39, 0.29) is 5.60 Å². The van der Waals surface area contributed by atoms with Crippen LogP contribution in [0.5, 0.6) is 0 Å². The van der Waals surface area contributed by atoms with E-state index >= 15 is 0 Å². The fourth-order valence-electron chi connectivity index (χ4n) is 4.67. The van der Waals surface area contributed by atoms with Crippen molar-refractivity contribution in [3.8, 4) is 0 Å². The number of rotatable bonds is 3. The molecule has 1 unspecified atom stereocenters. The Morgan fingerprint density at radius 3 is 2.35 bits per heavy atom. The van der Waals surface area contributed by atoms with Crippen molar-refractivity contribution in [2.75, 3.05) is 7.05 Å². The molecule has 2 saturated carbocycles. The van der Waals surface area contributed by atoms with Gasteiger partial charge in [-0.3, -0.25) is 0 Å². The van der Waals surface area contributed by atoms with Crippen LogP contribution in [0.3, 0.4) is 0 Å². The largest absolute Gasteiger partial charge is 0.390 e. The minimum absolute atomic E-state index is 0.196. The number of aliphatic hydroxyl groups is 1. The van der Waals surface area contributed by atoms with Crippen LogP contribution in [-0.2, 0) is 4.74 Å². The molecule has 1 saturated heterocycles. The first-order valence-electron chi connectivity index (χ1n) is 8.71. The van der Waals surface area contributed by atoms with Gasteiger partial charge in [0.15, 0.2) is 0 Å². The highest BCUT2D eigenvalue weighted by atomic mass is 16.5. The van der Waals surface area contributed by atoms with Crippen LogP contribution in [0.15, 0.2) is 0 Å². The first-order chi connectivity index (χ1) is 9.63. The summed E-state index contributed by atoms with van der Waals surface area (Å²) >= 11 is 0. The van der Waals surface area contributed by atoms with E-state index in [1.165, 1.54) is 38.5 Å². The maximum atomic E-state index is 10.8. The lowest BCUT2D eigenvalue weighted by Crippen LogP contribution is -2.42. The molecule has 3 fully saturated rings. The number of hydrogen-bond acceptors (Lipinski definition) is 3. The van der Waals surface area contributed by atoms with Gasteiger partial charge in [-0.05, 0) is 58.4 Å². The molecule has 3 nitrogen and oxygen atoms in total. The number of nitrogens with one attached hydrogen (secondary N) is 1. The van der Waals surface area contributed by atoms with Crippen molar-refractivity contribution in [2.45, 2.75) is 100 Å². The Balaban J connectivity index is 1.51. The quantitative estimate of drug-likeness (QED) is 0.835. The van der Waals surface area contributed by atoms with Crippen molar-refractivity contribution >= 4 is 0 Å². The molecule has 2 aliphatic carbocycles. The van der Waals surface area contributed by atoms with E-state index in [4.69, 9.17) is 4.74 Å². The van der Waals surface area contributed by atoms with E-state index in [9.17, 15) is 5.11 Å². The summed E-state index contributed by atoms with van der Waals surface area (Å²) in [4.78, 5) is 0. The van der Waals surface area contributed by atoms with Gasteiger partial charge in [-0.15, -0.1) is 0 Å². The average molecular weight is 281 g/mol. The van der Waals surface area contributed by atoms with E-state index in [0.717, 1.165) is 38.5 Å². The van der Waals surface area contributed by atoms with Crippen molar-refractivity contribution in [3.05, 3.63) is 0 Å². The van der Waals surface area contributed by atoms with E-state index in [1.54, 1.807) is 0 Å². The van der Waals surface area contributed by atoms with Gasteiger partial charge in [0.2, 0.25) is 0 Å². The molecular weight excluding hydrogens is 250 g/mol. The van der Waals surface area contributed by atoms with Crippen molar-refractivity contribution in [2.24, 2.45) is 0 Å². The molecule has 0 amide bonds. The monoisotopic (exact) mass is 281 g/mol. The highest BCUT2D eigenvalue weighted by Gasteiger charge is 2.44. The van der Waals surface area contributed by atoms with Crippen LogP contribution < -0.4 is 5.32 Å². The van der Waals surface area contributed by atoms with Crippen LogP contribution in [0.4, 0.5) is 0 Å².